The molecule has 3 N–H and O–H groups in total. The molecule has 0 aliphatic rings. The van der Waals surface area contributed by atoms with E-state index in [1.165, 1.54) is 6.07 Å². The quantitative estimate of drug-likeness (QED) is 0.800. The van der Waals surface area contributed by atoms with Gasteiger partial charge in [0.2, 0.25) is 10.0 Å². The highest BCUT2D eigenvalue weighted by Crippen LogP contribution is 2.10. The first-order valence-electron chi connectivity index (χ1n) is 5.89. The average molecular weight is 356 g/mol. The van der Waals surface area contributed by atoms with Crippen LogP contribution in [0.5, 0.6) is 0 Å². The van der Waals surface area contributed by atoms with Gasteiger partial charge in [-0.05, 0) is 45.8 Å². The molecule has 106 valence electrons. The SMILES string of the molecule is NS(=O)(=O)c1cccc(CNCc2cccc(Br)n2)c1. The van der Waals surface area contributed by atoms with Crippen LogP contribution in [0.25, 0.3) is 0 Å². The van der Waals surface area contributed by atoms with Crippen LogP contribution in [0.2, 0.25) is 0 Å². The molecular weight excluding hydrogens is 342 g/mol. The molecule has 2 rings (SSSR count). The maximum atomic E-state index is 11.3. The Kier molecular flexibility index (Phi) is 4.87. The summed E-state index contributed by atoms with van der Waals surface area (Å²) in [6.07, 6.45) is 0. The van der Waals surface area contributed by atoms with E-state index < -0.39 is 10.0 Å². The van der Waals surface area contributed by atoms with Gasteiger partial charge in [0.1, 0.15) is 4.60 Å². The van der Waals surface area contributed by atoms with E-state index in [1.54, 1.807) is 12.1 Å². The summed E-state index contributed by atoms with van der Waals surface area (Å²) in [7, 11) is -3.65. The minimum absolute atomic E-state index is 0.123. The van der Waals surface area contributed by atoms with Gasteiger partial charge in [0.25, 0.3) is 0 Å². The number of aromatic nitrogens is 1. The number of nitrogens with two attached hydrogens (primary N) is 1. The summed E-state index contributed by atoms with van der Waals surface area (Å²) in [5, 5.41) is 8.30. The van der Waals surface area contributed by atoms with Gasteiger partial charge in [-0.15, -0.1) is 0 Å². The molecule has 5 nitrogen and oxygen atoms in total. The van der Waals surface area contributed by atoms with Crippen molar-refractivity contribution in [1.82, 2.24) is 10.3 Å². The minimum Gasteiger partial charge on any atom is -0.307 e. The molecular formula is C13H14BrN3O2S. The molecule has 20 heavy (non-hydrogen) atoms. The second-order valence-corrected chi connectivity index (χ2v) is 6.62. The van der Waals surface area contributed by atoms with E-state index in [-0.39, 0.29) is 4.90 Å². The number of nitrogens with zero attached hydrogens (tertiary/aromatic N) is 1. The minimum atomic E-state index is -3.65. The number of hydrogen-bond donors (Lipinski definition) is 2. The first kappa shape index (κ1) is 15.1. The van der Waals surface area contributed by atoms with Gasteiger partial charge in [0.15, 0.2) is 0 Å². The summed E-state index contributed by atoms with van der Waals surface area (Å²) in [4.78, 5) is 4.42. The molecule has 0 unspecified atom stereocenters. The zero-order valence-corrected chi connectivity index (χ0v) is 13.0. The number of pyridine rings is 1. The van der Waals surface area contributed by atoms with Gasteiger partial charge >= 0.3 is 0 Å². The highest BCUT2D eigenvalue weighted by atomic mass is 79.9. The smallest absolute Gasteiger partial charge is 0.238 e. The second-order valence-electron chi connectivity index (χ2n) is 4.25. The van der Waals surface area contributed by atoms with Gasteiger partial charge in [0.05, 0.1) is 10.6 Å². The molecule has 0 aliphatic heterocycles. The van der Waals surface area contributed by atoms with Crippen LogP contribution in [0, 0.1) is 0 Å². The number of halogens is 1. The molecule has 7 heteroatoms. The van der Waals surface area contributed by atoms with Gasteiger partial charge in [0, 0.05) is 13.1 Å². The van der Waals surface area contributed by atoms with Gasteiger partial charge in [-0.2, -0.15) is 0 Å². The van der Waals surface area contributed by atoms with E-state index in [0.29, 0.717) is 13.1 Å². The van der Waals surface area contributed by atoms with E-state index in [0.717, 1.165) is 15.9 Å². The summed E-state index contributed by atoms with van der Waals surface area (Å²) >= 11 is 3.31. The number of benzene rings is 1. The summed E-state index contributed by atoms with van der Waals surface area (Å²) < 4.78 is 23.3. The molecule has 1 aromatic heterocycles. The predicted molar refractivity (Wildman–Crippen MR) is 80.3 cm³/mol. The lowest BCUT2D eigenvalue weighted by atomic mass is 10.2. The highest BCUT2D eigenvalue weighted by molar-refractivity contribution is 9.10. The maximum absolute atomic E-state index is 11.3. The molecule has 0 bridgehead atoms. The van der Waals surface area contributed by atoms with Gasteiger partial charge in [-0.1, -0.05) is 18.2 Å². The Hall–Kier alpha value is -1.28. The van der Waals surface area contributed by atoms with Crippen LogP contribution in [0.15, 0.2) is 52.0 Å². The standard InChI is InChI=1S/C13H14BrN3O2S/c14-13-6-2-4-11(17-13)9-16-8-10-3-1-5-12(7-10)20(15,18)19/h1-7,16H,8-9H2,(H2,15,18,19). The molecule has 0 radical (unpaired) electrons. The molecule has 2 aromatic rings. The monoisotopic (exact) mass is 355 g/mol. The molecule has 0 atom stereocenters. The van der Waals surface area contributed by atoms with Crippen molar-refractivity contribution in [2.75, 3.05) is 0 Å². The topological polar surface area (TPSA) is 85.1 Å². The molecule has 1 heterocycles. The van der Waals surface area contributed by atoms with E-state index in [9.17, 15) is 8.42 Å². The van der Waals surface area contributed by atoms with Crippen molar-refractivity contribution < 1.29 is 8.42 Å². The van der Waals surface area contributed by atoms with Crippen LogP contribution in [0.3, 0.4) is 0 Å². The molecule has 1 aromatic carbocycles. The van der Waals surface area contributed by atoms with Crippen molar-refractivity contribution in [3.63, 3.8) is 0 Å². The van der Waals surface area contributed by atoms with Crippen LogP contribution >= 0.6 is 15.9 Å². The summed E-state index contributed by atoms with van der Waals surface area (Å²) in [5.74, 6) is 0. The Morgan fingerprint density at radius 3 is 2.60 bits per heavy atom. The Labute approximate surface area is 126 Å². The lowest BCUT2D eigenvalue weighted by Gasteiger charge is -2.06. The maximum Gasteiger partial charge on any atom is 0.238 e. The van der Waals surface area contributed by atoms with Gasteiger partial charge in [-0.3, -0.25) is 0 Å². The van der Waals surface area contributed by atoms with E-state index in [2.05, 4.69) is 26.2 Å². The first-order valence-corrected chi connectivity index (χ1v) is 8.23. The Morgan fingerprint density at radius 2 is 1.90 bits per heavy atom. The van der Waals surface area contributed by atoms with Crippen molar-refractivity contribution >= 4 is 26.0 Å². The average Bonchev–Trinajstić information content (AvgIpc) is 2.38. The fourth-order valence-corrected chi connectivity index (χ4v) is 2.68. The predicted octanol–water partition coefficient (Wildman–Crippen LogP) is 1.78. The van der Waals surface area contributed by atoms with E-state index in [1.807, 2.05) is 24.3 Å². The van der Waals surface area contributed by atoms with E-state index >= 15 is 0 Å². The fourth-order valence-electron chi connectivity index (χ4n) is 1.72. The largest absolute Gasteiger partial charge is 0.307 e. The van der Waals surface area contributed by atoms with Crippen molar-refractivity contribution in [2.45, 2.75) is 18.0 Å². The third-order valence-electron chi connectivity index (χ3n) is 2.64. The Bertz CT molecular complexity index is 704. The zero-order valence-electron chi connectivity index (χ0n) is 10.6. The molecule has 0 saturated carbocycles. The Balaban J connectivity index is 1.98. The second kappa shape index (κ2) is 6.45. The highest BCUT2D eigenvalue weighted by Gasteiger charge is 2.07. The first-order chi connectivity index (χ1) is 9.45. The number of nitrogens with one attached hydrogen (secondary N) is 1. The normalized spacial score (nSPS) is 11.5. The van der Waals surface area contributed by atoms with Crippen LogP contribution in [0.4, 0.5) is 0 Å². The summed E-state index contributed by atoms with van der Waals surface area (Å²) in [5.41, 5.74) is 1.76. The van der Waals surface area contributed by atoms with Gasteiger partial charge < -0.3 is 5.32 Å². The lowest BCUT2D eigenvalue weighted by molar-refractivity contribution is 0.597. The van der Waals surface area contributed by atoms with Crippen molar-refractivity contribution in [3.05, 3.63) is 58.3 Å². The Morgan fingerprint density at radius 1 is 1.15 bits per heavy atom. The van der Waals surface area contributed by atoms with Crippen LogP contribution in [0.1, 0.15) is 11.3 Å². The number of hydrogen-bond acceptors (Lipinski definition) is 4. The zero-order chi connectivity index (χ0) is 14.6. The number of primary sulfonamides is 1. The van der Waals surface area contributed by atoms with Crippen molar-refractivity contribution in [1.29, 1.82) is 0 Å². The van der Waals surface area contributed by atoms with E-state index in [4.69, 9.17) is 5.14 Å². The lowest BCUT2D eigenvalue weighted by Crippen LogP contribution is -2.15. The number of rotatable bonds is 5. The van der Waals surface area contributed by atoms with Crippen LogP contribution in [-0.4, -0.2) is 13.4 Å². The van der Waals surface area contributed by atoms with Crippen molar-refractivity contribution in [2.24, 2.45) is 5.14 Å². The third kappa shape index (κ3) is 4.38. The number of sulfonamides is 1. The molecule has 0 spiro atoms. The molecule has 0 saturated heterocycles. The van der Waals surface area contributed by atoms with Gasteiger partial charge in [-0.25, -0.2) is 18.5 Å². The van der Waals surface area contributed by atoms with Crippen molar-refractivity contribution in [3.8, 4) is 0 Å². The molecule has 0 aliphatic carbocycles. The summed E-state index contributed by atoms with van der Waals surface area (Å²) in [6, 6.07) is 12.3. The fraction of sp³-hybridized carbons (Fsp3) is 0.154. The summed E-state index contributed by atoms with van der Waals surface area (Å²) in [6.45, 7) is 1.14. The third-order valence-corrected chi connectivity index (χ3v) is 3.99. The van der Waals surface area contributed by atoms with Crippen LogP contribution < -0.4 is 10.5 Å². The molecule has 0 amide bonds. The molecule has 0 fully saturated rings. The van der Waals surface area contributed by atoms with Crippen LogP contribution in [-0.2, 0) is 23.1 Å².